The largest absolute Gasteiger partial charge is 0.389 e. The molecule has 0 bridgehead atoms. The van der Waals surface area contributed by atoms with Crippen molar-refractivity contribution in [1.82, 2.24) is 14.4 Å². The number of hydrogen-bond acceptors (Lipinski definition) is 5. The summed E-state index contributed by atoms with van der Waals surface area (Å²) in [4.78, 5) is 21.4. The highest BCUT2D eigenvalue weighted by atomic mass is 19.1. The molecule has 0 aliphatic heterocycles. The molecule has 1 saturated carbocycles. The molecule has 4 N–H and O–H groups in total. The molecule has 1 fully saturated rings. The van der Waals surface area contributed by atoms with E-state index in [9.17, 15) is 14.3 Å². The first kappa shape index (κ1) is 23.0. The average molecular weight is 474 g/mol. The van der Waals surface area contributed by atoms with Gasteiger partial charge in [-0.25, -0.2) is 14.4 Å². The van der Waals surface area contributed by atoms with E-state index in [1.165, 1.54) is 12.1 Å². The monoisotopic (exact) mass is 473 g/mol. The van der Waals surface area contributed by atoms with E-state index in [1.807, 2.05) is 29.7 Å². The van der Waals surface area contributed by atoms with Crippen LogP contribution in [0.3, 0.4) is 0 Å². The number of aryl methyl sites for hydroxylation is 1. The number of rotatable bonds is 7. The quantitative estimate of drug-likeness (QED) is 0.362. The van der Waals surface area contributed by atoms with Crippen molar-refractivity contribution in [3.05, 3.63) is 71.3 Å². The number of imidazole rings is 1. The molecule has 180 valence electrons. The number of amides is 1. The fourth-order valence-corrected chi connectivity index (χ4v) is 4.34. The van der Waals surface area contributed by atoms with Gasteiger partial charge in [0.15, 0.2) is 11.5 Å². The number of aromatic nitrogens is 3. The zero-order chi connectivity index (χ0) is 24.9. The van der Waals surface area contributed by atoms with Crippen LogP contribution in [0.2, 0.25) is 0 Å². The lowest BCUT2D eigenvalue weighted by molar-refractivity contribution is 0.0943. The number of aliphatic hydroxyl groups is 1. The molecule has 1 aliphatic carbocycles. The molecule has 2 heterocycles. The molecule has 2 aromatic carbocycles. The summed E-state index contributed by atoms with van der Waals surface area (Å²) in [5.74, 6) is 0.127. The molecule has 0 radical (unpaired) electrons. The van der Waals surface area contributed by atoms with Crippen LogP contribution in [0, 0.1) is 12.7 Å². The predicted molar refractivity (Wildman–Crippen MR) is 134 cm³/mol. The Kier molecular flexibility index (Phi) is 5.56. The highest BCUT2D eigenvalue weighted by Gasteiger charge is 2.28. The van der Waals surface area contributed by atoms with Crippen LogP contribution in [-0.2, 0) is 0 Å². The number of nitrogens with one attached hydrogen (secondary N) is 1. The molecule has 0 saturated heterocycles. The van der Waals surface area contributed by atoms with Gasteiger partial charge < -0.3 is 16.2 Å². The summed E-state index contributed by atoms with van der Waals surface area (Å²) in [6.45, 7) is 5.53. The molecule has 0 spiro atoms. The molecule has 1 aliphatic rings. The number of nitrogens with two attached hydrogens (primary N) is 1. The lowest BCUT2D eigenvalue weighted by Crippen LogP contribution is -2.29. The van der Waals surface area contributed by atoms with Crippen LogP contribution in [-0.4, -0.2) is 37.5 Å². The molecule has 4 aromatic rings. The second kappa shape index (κ2) is 8.46. The Balaban J connectivity index is 1.68. The van der Waals surface area contributed by atoms with Gasteiger partial charge in [0.1, 0.15) is 5.82 Å². The minimum Gasteiger partial charge on any atom is -0.389 e. The lowest BCUT2D eigenvalue weighted by Gasteiger charge is -2.19. The van der Waals surface area contributed by atoms with Crippen LogP contribution in [0.5, 0.6) is 0 Å². The third-order valence-corrected chi connectivity index (χ3v) is 6.28. The zero-order valence-electron chi connectivity index (χ0n) is 20.0. The normalized spacial score (nSPS) is 13.9. The SMILES string of the molecule is Cc1cc(F)ccc1-c1cn2c(-c3ccc(C(N)=O)c(C4CC4)c3)cnc2c(NCC(C)(C)O)n1. The Morgan fingerprint density at radius 1 is 1.26 bits per heavy atom. The second-order valence-electron chi connectivity index (χ2n) is 9.88. The molecular formula is C27H28FN5O2. The molecular weight excluding hydrogens is 445 g/mol. The first-order valence-corrected chi connectivity index (χ1v) is 11.7. The highest BCUT2D eigenvalue weighted by molar-refractivity contribution is 5.95. The number of carbonyl (C=O) groups is 1. The maximum Gasteiger partial charge on any atom is 0.248 e. The number of benzene rings is 2. The van der Waals surface area contributed by atoms with E-state index in [0.29, 0.717) is 28.6 Å². The Bertz CT molecular complexity index is 1450. The second-order valence-corrected chi connectivity index (χ2v) is 9.88. The van der Waals surface area contributed by atoms with Crippen LogP contribution in [0.4, 0.5) is 10.2 Å². The number of anilines is 1. The number of fused-ring (bicyclic) bond motifs is 1. The number of nitrogens with zero attached hydrogens (tertiary/aromatic N) is 3. The number of hydrogen-bond donors (Lipinski definition) is 3. The van der Waals surface area contributed by atoms with E-state index in [4.69, 9.17) is 10.7 Å². The van der Waals surface area contributed by atoms with Gasteiger partial charge in [0.25, 0.3) is 0 Å². The first-order chi connectivity index (χ1) is 16.6. The fourth-order valence-electron chi connectivity index (χ4n) is 4.34. The summed E-state index contributed by atoms with van der Waals surface area (Å²) in [6.07, 6.45) is 5.73. The van der Waals surface area contributed by atoms with Gasteiger partial charge in [-0.2, -0.15) is 0 Å². The van der Waals surface area contributed by atoms with Gasteiger partial charge in [-0.05, 0) is 81.0 Å². The third kappa shape index (κ3) is 4.61. The maximum absolute atomic E-state index is 13.8. The van der Waals surface area contributed by atoms with E-state index in [1.54, 1.807) is 32.2 Å². The van der Waals surface area contributed by atoms with E-state index in [-0.39, 0.29) is 12.4 Å². The molecule has 5 rings (SSSR count). The number of halogens is 1. The Labute approximate surface area is 202 Å². The molecule has 7 nitrogen and oxygen atoms in total. The Hall–Kier alpha value is -3.78. The number of carbonyl (C=O) groups excluding carboxylic acids is 1. The van der Waals surface area contributed by atoms with Crippen molar-refractivity contribution < 1.29 is 14.3 Å². The summed E-state index contributed by atoms with van der Waals surface area (Å²) in [5.41, 5.74) is 10.7. The summed E-state index contributed by atoms with van der Waals surface area (Å²) in [5, 5.41) is 13.5. The minimum atomic E-state index is -0.959. The van der Waals surface area contributed by atoms with E-state index in [0.717, 1.165) is 40.8 Å². The first-order valence-electron chi connectivity index (χ1n) is 11.7. The number of primary amides is 1. The van der Waals surface area contributed by atoms with Crippen molar-refractivity contribution in [2.45, 2.75) is 45.1 Å². The minimum absolute atomic E-state index is 0.267. The van der Waals surface area contributed by atoms with E-state index >= 15 is 0 Å². The van der Waals surface area contributed by atoms with Crippen molar-refractivity contribution in [2.75, 3.05) is 11.9 Å². The molecule has 2 aromatic heterocycles. The van der Waals surface area contributed by atoms with Crippen molar-refractivity contribution in [2.24, 2.45) is 5.73 Å². The third-order valence-electron chi connectivity index (χ3n) is 6.28. The van der Waals surface area contributed by atoms with Gasteiger partial charge in [-0.1, -0.05) is 6.07 Å². The standard InChI is InChI=1S/C27H28FN5O2/c1-15-10-18(28)7-9-19(15)22-13-33-23(12-30-26(33)25(32-22)31-14-27(2,3)35)17-6-8-20(24(29)34)21(11-17)16-4-5-16/h6-13,16,35H,4-5,14H2,1-3H3,(H2,29,34)(H,31,32). The van der Waals surface area contributed by atoms with Gasteiger partial charge >= 0.3 is 0 Å². The maximum atomic E-state index is 13.8. The van der Waals surface area contributed by atoms with Gasteiger partial charge in [-0.3, -0.25) is 9.20 Å². The highest BCUT2D eigenvalue weighted by Crippen LogP contribution is 2.43. The van der Waals surface area contributed by atoms with Gasteiger partial charge in [0.2, 0.25) is 5.91 Å². The van der Waals surface area contributed by atoms with Crippen LogP contribution >= 0.6 is 0 Å². The molecule has 35 heavy (non-hydrogen) atoms. The smallest absolute Gasteiger partial charge is 0.248 e. The summed E-state index contributed by atoms with van der Waals surface area (Å²) < 4.78 is 15.7. The Morgan fingerprint density at radius 3 is 2.69 bits per heavy atom. The van der Waals surface area contributed by atoms with E-state index < -0.39 is 11.5 Å². The van der Waals surface area contributed by atoms with Gasteiger partial charge in [0, 0.05) is 29.4 Å². The van der Waals surface area contributed by atoms with Crippen LogP contribution in [0.15, 0.2) is 48.8 Å². The summed E-state index contributed by atoms with van der Waals surface area (Å²) >= 11 is 0. The molecule has 1 amide bonds. The topological polar surface area (TPSA) is 106 Å². The Morgan fingerprint density at radius 2 is 2.03 bits per heavy atom. The zero-order valence-corrected chi connectivity index (χ0v) is 20.0. The van der Waals surface area contributed by atoms with Crippen molar-refractivity contribution in [1.29, 1.82) is 0 Å². The summed E-state index contributed by atoms with van der Waals surface area (Å²) in [7, 11) is 0. The van der Waals surface area contributed by atoms with Crippen LogP contribution < -0.4 is 11.1 Å². The van der Waals surface area contributed by atoms with Gasteiger partial charge in [-0.15, -0.1) is 0 Å². The average Bonchev–Trinajstić information content (AvgIpc) is 3.55. The predicted octanol–water partition coefficient (Wildman–Crippen LogP) is 4.67. The van der Waals surface area contributed by atoms with Crippen molar-refractivity contribution in [3.8, 4) is 22.5 Å². The van der Waals surface area contributed by atoms with E-state index in [2.05, 4.69) is 10.3 Å². The fraction of sp³-hybridized carbons (Fsp3) is 0.296. The molecule has 0 atom stereocenters. The van der Waals surface area contributed by atoms with Crippen LogP contribution in [0.1, 0.15) is 54.1 Å². The summed E-state index contributed by atoms with van der Waals surface area (Å²) in [6, 6.07) is 10.3. The van der Waals surface area contributed by atoms with Crippen LogP contribution in [0.25, 0.3) is 28.2 Å². The molecule has 8 heteroatoms. The van der Waals surface area contributed by atoms with Crippen molar-refractivity contribution >= 4 is 17.4 Å². The van der Waals surface area contributed by atoms with Crippen molar-refractivity contribution in [3.63, 3.8) is 0 Å². The molecule has 0 unspecified atom stereocenters. The lowest BCUT2D eigenvalue weighted by atomic mass is 9.98. The van der Waals surface area contributed by atoms with Gasteiger partial charge in [0.05, 0.1) is 23.2 Å².